The van der Waals surface area contributed by atoms with Gasteiger partial charge in [0.15, 0.2) is 5.96 Å². The van der Waals surface area contributed by atoms with Gasteiger partial charge in [0.25, 0.3) is 0 Å². The molecule has 1 heterocycles. The Morgan fingerprint density at radius 1 is 1.56 bits per heavy atom. The van der Waals surface area contributed by atoms with Crippen LogP contribution in [0.3, 0.4) is 0 Å². The van der Waals surface area contributed by atoms with Gasteiger partial charge in [-0.1, -0.05) is 13.8 Å². The number of guanidine groups is 1. The molecule has 0 aliphatic heterocycles. The molecule has 0 saturated heterocycles. The van der Waals surface area contributed by atoms with E-state index in [2.05, 4.69) is 29.3 Å². The third-order valence-electron chi connectivity index (χ3n) is 2.78. The van der Waals surface area contributed by atoms with Crippen LogP contribution in [0.4, 0.5) is 0 Å². The highest BCUT2D eigenvalue weighted by Crippen LogP contribution is 2.06. The number of rotatable bonds is 5. The predicted octanol–water partition coefficient (Wildman–Crippen LogP) is 1.80. The van der Waals surface area contributed by atoms with Crippen LogP contribution in [0.5, 0.6) is 0 Å². The van der Waals surface area contributed by atoms with E-state index in [1.165, 1.54) is 0 Å². The number of aliphatic imine (C=N–C) groups is 1. The third-order valence-corrected chi connectivity index (χ3v) is 2.78. The Labute approximate surface area is 126 Å². The highest BCUT2D eigenvalue weighted by molar-refractivity contribution is 14.0. The number of nitrogens with two attached hydrogens (primary N) is 1. The maximum atomic E-state index is 5.78. The van der Waals surface area contributed by atoms with Crippen molar-refractivity contribution in [3.63, 3.8) is 0 Å². The molecule has 5 nitrogen and oxygen atoms in total. The topological polar surface area (TPSA) is 68.2 Å². The van der Waals surface area contributed by atoms with Crippen LogP contribution in [0.25, 0.3) is 0 Å². The van der Waals surface area contributed by atoms with Crippen molar-refractivity contribution in [2.45, 2.75) is 33.7 Å². The summed E-state index contributed by atoms with van der Waals surface area (Å²) in [5.41, 5.74) is 8.02. The Hall–Kier alpha value is -0.790. The molecule has 0 amide bonds. The van der Waals surface area contributed by atoms with Gasteiger partial charge in [-0.2, -0.15) is 5.10 Å². The molecule has 1 aromatic rings. The molecule has 0 radical (unpaired) electrons. The fourth-order valence-corrected chi connectivity index (χ4v) is 1.41. The molecule has 0 unspecified atom stereocenters. The zero-order valence-corrected chi connectivity index (χ0v) is 13.9. The Morgan fingerprint density at radius 3 is 2.72 bits per heavy atom. The summed E-state index contributed by atoms with van der Waals surface area (Å²) >= 11 is 0. The first-order chi connectivity index (χ1) is 8.00. The van der Waals surface area contributed by atoms with Crippen LogP contribution in [-0.4, -0.2) is 22.3 Å². The largest absolute Gasteiger partial charge is 0.370 e. The second kappa shape index (κ2) is 8.34. The Morgan fingerprint density at radius 2 is 2.22 bits per heavy atom. The standard InChI is InChI=1S/C12H23N5.HI/c1-9(2)5-6-14-12(13)15-7-11-8-16-17(4)10(11)3;/h8-9H,5-7H2,1-4H3,(H3,13,14,15);1H. The molecule has 0 aliphatic rings. The van der Waals surface area contributed by atoms with E-state index >= 15 is 0 Å². The van der Waals surface area contributed by atoms with Crippen molar-refractivity contribution in [2.24, 2.45) is 23.7 Å². The summed E-state index contributed by atoms with van der Waals surface area (Å²) in [5, 5.41) is 7.28. The van der Waals surface area contributed by atoms with Gasteiger partial charge in [0, 0.05) is 24.8 Å². The summed E-state index contributed by atoms with van der Waals surface area (Å²) in [6.45, 7) is 7.86. The maximum Gasteiger partial charge on any atom is 0.188 e. The predicted molar refractivity (Wildman–Crippen MR) is 86.1 cm³/mol. The fourth-order valence-electron chi connectivity index (χ4n) is 1.41. The molecule has 0 aliphatic carbocycles. The van der Waals surface area contributed by atoms with Crippen molar-refractivity contribution < 1.29 is 0 Å². The zero-order chi connectivity index (χ0) is 12.8. The molecular formula is C12H24IN5. The Balaban J connectivity index is 0.00000289. The van der Waals surface area contributed by atoms with Crippen LogP contribution in [0, 0.1) is 12.8 Å². The summed E-state index contributed by atoms with van der Waals surface area (Å²) in [6, 6.07) is 0. The second-order valence-electron chi connectivity index (χ2n) is 4.69. The number of halogens is 1. The van der Waals surface area contributed by atoms with E-state index in [1.54, 1.807) is 0 Å². The average molecular weight is 365 g/mol. The van der Waals surface area contributed by atoms with Gasteiger partial charge in [0.2, 0.25) is 0 Å². The lowest BCUT2D eigenvalue weighted by Gasteiger charge is -2.07. The van der Waals surface area contributed by atoms with Crippen molar-refractivity contribution in [1.29, 1.82) is 0 Å². The van der Waals surface area contributed by atoms with Gasteiger partial charge in [-0.15, -0.1) is 24.0 Å². The first-order valence-electron chi connectivity index (χ1n) is 6.02. The molecule has 0 spiro atoms. The molecule has 0 saturated carbocycles. The van der Waals surface area contributed by atoms with E-state index in [4.69, 9.17) is 5.73 Å². The number of nitrogens with zero attached hydrogens (tertiary/aromatic N) is 3. The minimum Gasteiger partial charge on any atom is -0.370 e. The van der Waals surface area contributed by atoms with Crippen molar-refractivity contribution in [1.82, 2.24) is 15.1 Å². The van der Waals surface area contributed by atoms with E-state index < -0.39 is 0 Å². The number of aryl methyl sites for hydroxylation is 1. The number of aromatic nitrogens is 2. The minimum absolute atomic E-state index is 0. The Kier molecular flexibility index (Phi) is 7.97. The average Bonchev–Trinajstić information content (AvgIpc) is 2.57. The lowest BCUT2D eigenvalue weighted by Crippen LogP contribution is -2.32. The van der Waals surface area contributed by atoms with Crippen LogP contribution in [-0.2, 0) is 13.6 Å². The van der Waals surface area contributed by atoms with Crippen LogP contribution >= 0.6 is 24.0 Å². The van der Waals surface area contributed by atoms with Crippen molar-refractivity contribution in [2.75, 3.05) is 6.54 Å². The monoisotopic (exact) mass is 365 g/mol. The lowest BCUT2D eigenvalue weighted by molar-refractivity contribution is 0.576. The molecule has 3 N–H and O–H groups in total. The fraction of sp³-hybridized carbons (Fsp3) is 0.667. The first-order valence-corrected chi connectivity index (χ1v) is 6.02. The van der Waals surface area contributed by atoms with Crippen molar-refractivity contribution in [3.8, 4) is 0 Å². The van der Waals surface area contributed by atoms with Crippen molar-refractivity contribution >= 4 is 29.9 Å². The third kappa shape index (κ3) is 5.70. The highest BCUT2D eigenvalue weighted by Gasteiger charge is 2.02. The van der Waals surface area contributed by atoms with Gasteiger partial charge in [-0.05, 0) is 19.3 Å². The van der Waals surface area contributed by atoms with Crippen LogP contribution in [0.15, 0.2) is 11.2 Å². The van der Waals surface area contributed by atoms with Gasteiger partial charge < -0.3 is 11.1 Å². The summed E-state index contributed by atoms with van der Waals surface area (Å²) in [7, 11) is 1.92. The molecule has 18 heavy (non-hydrogen) atoms. The van der Waals surface area contributed by atoms with E-state index in [9.17, 15) is 0 Å². The minimum atomic E-state index is 0. The summed E-state index contributed by atoms with van der Waals surface area (Å²) < 4.78 is 1.84. The molecule has 0 aromatic carbocycles. The maximum absolute atomic E-state index is 5.78. The molecule has 1 rings (SSSR count). The van der Waals surface area contributed by atoms with E-state index in [0.29, 0.717) is 18.4 Å². The number of nitrogens with one attached hydrogen (secondary N) is 1. The Bertz CT molecular complexity index is 384. The molecule has 0 atom stereocenters. The van der Waals surface area contributed by atoms with Gasteiger partial charge in [0.1, 0.15) is 0 Å². The molecule has 1 aromatic heterocycles. The number of hydrogen-bond donors (Lipinski definition) is 2. The quantitative estimate of drug-likeness (QED) is 0.475. The van der Waals surface area contributed by atoms with E-state index in [-0.39, 0.29) is 24.0 Å². The second-order valence-corrected chi connectivity index (χ2v) is 4.69. The van der Waals surface area contributed by atoms with E-state index in [1.807, 2.05) is 24.9 Å². The molecule has 6 heteroatoms. The van der Waals surface area contributed by atoms with Gasteiger partial charge in [-0.3, -0.25) is 4.68 Å². The number of hydrogen-bond acceptors (Lipinski definition) is 2. The van der Waals surface area contributed by atoms with Crippen molar-refractivity contribution in [3.05, 3.63) is 17.5 Å². The molecule has 0 fully saturated rings. The molecule has 0 bridgehead atoms. The summed E-state index contributed by atoms with van der Waals surface area (Å²) in [6.07, 6.45) is 2.93. The zero-order valence-electron chi connectivity index (χ0n) is 11.6. The van der Waals surface area contributed by atoms with Gasteiger partial charge >= 0.3 is 0 Å². The smallest absolute Gasteiger partial charge is 0.188 e. The highest BCUT2D eigenvalue weighted by atomic mass is 127. The van der Waals surface area contributed by atoms with Crippen LogP contribution in [0.1, 0.15) is 31.5 Å². The first kappa shape index (κ1) is 17.2. The normalized spacial score (nSPS) is 11.5. The summed E-state index contributed by atoms with van der Waals surface area (Å²) in [5.74, 6) is 1.18. The van der Waals surface area contributed by atoms with Gasteiger partial charge in [0.05, 0.1) is 12.7 Å². The SMILES string of the molecule is Cc1c(CN=C(N)NCCC(C)C)cnn1C.I. The van der Waals surface area contributed by atoms with Crippen LogP contribution in [0.2, 0.25) is 0 Å². The molecular weight excluding hydrogens is 341 g/mol. The lowest BCUT2D eigenvalue weighted by atomic mass is 10.1. The summed E-state index contributed by atoms with van der Waals surface area (Å²) in [4.78, 5) is 4.30. The van der Waals surface area contributed by atoms with Crippen LogP contribution < -0.4 is 11.1 Å². The van der Waals surface area contributed by atoms with E-state index in [0.717, 1.165) is 24.2 Å². The van der Waals surface area contributed by atoms with Gasteiger partial charge in [-0.25, -0.2) is 4.99 Å². The molecule has 104 valence electrons.